The van der Waals surface area contributed by atoms with Gasteiger partial charge in [-0.3, -0.25) is 4.40 Å². The van der Waals surface area contributed by atoms with Gasteiger partial charge in [0.05, 0.1) is 20.3 Å². The minimum Gasteiger partial charge on any atom is -0.482 e. The first-order valence-corrected chi connectivity index (χ1v) is 6.24. The molecule has 98 valence electrons. The third-order valence-corrected chi connectivity index (χ3v) is 3.05. The minimum absolute atomic E-state index is 0.446. The van der Waals surface area contributed by atoms with E-state index in [1.165, 1.54) is 0 Å². The second kappa shape index (κ2) is 4.58. The molecule has 0 N–H and O–H groups in total. The van der Waals surface area contributed by atoms with E-state index < -0.39 is 0 Å². The average Bonchev–Trinajstić information content (AvgIpc) is 3.02. The summed E-state index contributed by atoms with van der Waals surface area (Å²) in [4.78, 5) is 8.64. The van der Waals surface area contributed by atoms with Crippen LogP contribution >= 0.6 is 15.9 Å². The molecule has 0 saturated carbocycles. The Hall–Kier alpha value is -2.02. The summed E-state index contributed by atoms with van der Waals surface area (Å²) in [5.74, 6) is 2.17. The number of nitrogens with zero attached hydrogens (tertiary/aromatic N) is 3. The molecule has 0 aliphatic carbocycles. The molecule has 0 fully saturated rings. The van der Waals surface area contributed by atoms with Crippen molar-refractivity contribution in [1.29, 1.82) is 0 Å². The standard InChI is InChI=1S/C12H10BrN3O3/c1-17-10-5-11(18-2)16-6-7(14-12(16)15-10)8-3-4-9(13)19-8/h3-6H,1-2H3. The number of hydrogen-bond donors (Lipinski definition) is 0. The number of aromatic nitrogens is 3. The van der Waals surface area contributed by atoms with Crippen molar-refractivity contribution in [2.75, 3.05) is 14.2 Å². The molecule has 3 rings (SSSR count). The maximum atomic E-state index is 5.47. The highest BCUT2D eigenvalue weighted by Crippen LogP contribution is 2.27. The Kier molecular flexibility index (Phi) is 2.90. The summed E-state index contributed by atoms with van der Waals surface area (Å²) in [6, 6.07) is 5.33. The van der Waals surface area contributed by atoms with Gasteiger partial charge in [0.2, 0.25) is 17.5 Å². The van der Waals surface area contributed by atoms with Crippen molar-refractivity contribution in [3.8, 4) is 23.2 Å². The van der Waals surface area contributed by atoms with Crippen molar-refractivity contribution >= 4 is 21.7 Å². The summed E-state index contributed by atoms with van der Waals surface area (Å²) >= 11 is 3.26. The van der Waals surface area contributed by atoms with Crippen LogP contribution < -0.4 is 9.47 Å². The van der Waals surface area contributed by atoms with E-state index in [-0.39, 0.29) is 0 Å². The van der Waals surface area contributed by atoms with Crippen LogP contribution in [0, 0.1) is 0 Å². The Morgan fingerprint density at radius 2 is 2.05 bits per heavy atom. The van der Waals surface area contributed by atoms with E-state index in [9.17, 15) is 0 Å². The number of furan rings is 1. The molecule has 0 atom stereocenters. The van der Waals surface area contributed by atoms with Gasteiger partial charge < -0.3 is 13.9 Å². The fraction of sp³-hybridized carbons (Fsp3) is 0.167. The highest BCUT2D eigenvalue weighted by atomic mass is 79.9. The summed E-state index contributed by atoms with van der Waals surface area (Å²) in [7, 11) is 3.13. The van der Waals surface area contributed by atoms with Crippen LogP contribution in [0.3, 0.4) is 0 Å². The second-order valence-electron chi connectivity index (χ2n) is 3.74. The Morgan fingerprint density at radius 1 is 1.21 bits per heavy atom. The third kappa shape index (κ3) is 2.06. The number of rotatable bonds is 3. The van der Waals surface area contributed by atoms with Crippen LogP contribution in [0.25, 0.3) is 17.2 Å². The largest absolute Gasteiger partial charge is 0.482 e. The predicted molar refractivity (Wildman–Crippen MR) is 71.5 cm³/mol. The lowest BCUT2D eigenvalue weighted by atomic mass is 10.4. The van der Waals surface area contributed by atoms with Gasteiger partial charge in [-0.1, -0.05) is 0 Å². The van der Waals surface area contributed by atoms with Gasteiger partial charge in [-0.2, -0.15) is 4.98 Å². The van der Waals surface area contributed by atoms with Crippen molar-refractivity contribution < 1.29 is 13.9 Å². The molecule has 3 aromatic heterocycles. The van der Waals surface area contributed by atoms with Crippen LogP contribution in [0.15, 0.2) is 33.5 Å². The van der Waals surface area contributed by atoms with Crippen LogP contribution in [-0.2, 0) is 0 Å². The van der Waals surface area contributed by atoms with Crippen LogP contribution in [-0.4, -0.2) is 28.6 Å². The highest BCUT2D eigenvalue weighted by molar-refractivity contribution is 9.10. The molecular weight excluding hydrogens is 314 g/mol. The van der Waals surface area contributed by atoms with Gasteiger partial charge in [-0.05, 0) is 28.1 Å². The lowest BCUT2D eigenvalue weighted by Gasteiger charge is -2.04. The molecule has 3 aromatic rings. The summed E-state index contributed by atoms with van der Waals surface area (Å²) in [5, 5.41) is 0. The first-order valence-electron chi connectivity index (χ1n) is 5.45. The Balaban J connectivity index is 2.19. The molecule has 19 heavy (non-hydrogen) atoms. The summed E-state index contributed by atoms with van der Waals surface area (Å²) in [5.41, 5.74) is 0.671. The van der Waals surface area contributed by atoms with E-state index in [0.717, 1.165) is 0 Å². The predicted octanol–water partition coefficient (Wildman–Crippen LogP) is 2.77. The smallest absolute Gasteiger partial charge is 0.240 e. The Bertz CT molecular complexity index is 735. The van der Waals surface area contributed by atoms with Gasteiger partial charge in [0.25, 0.3) is 0 Å². The van der Waals surface area contributed by atoms with Crippen LogP contribution in [0.1, 0.15) is 0 Å². The molecule has 0 aromatic carbocycles. The monoisotopic (exact) mass is 323 g/mol. The van der Waals surface area contributed by atoms with Gasteiger partial charge in [-0.25, -0.2) is 4.98 Å². The van der Waals surface area contributed by atoms with Crippen molar-refractivity contribution in [2.24, 2.45) is 0 Å². The van der Waals surface area contributed by atoms with Gasteiger partial charge in [0.15, 0.2) is 10.4 Å². The van der Waals surface area contributed by atoms with Gasteiger partial charge >= 0.3 is 0 Å². The maximum absolute atomic E-state index is 5.47. The summed E-state index contributed by atoms with van der Waals surface area (Å²) < 4.78 is 18.2. The van der Waals surface area contributed by atoms with E-state index in [1.54, 1.807) is 30.9 Å². The van der Waals surface area contributed by atoms with Crippen LogP contribution in [0.5, 0.6) is 11.8 Å². The van der Waals surface area contributed by atoms with Gasteiger partial charge in [-0.15, -0.1) is 0 Å². The molecule has 3 heterocycles. The molecule has 0 unspecified atom stereocenters. The number of fused-ring (bicyclic) bond motifs is 1. The normalized spacial score (nSPS) is 10.9. The van der Waals surface area contributed by atoms with Crippen LogP contribution in [0.4, 0.5) is 0 Å². The number of hydrogen-bond acceptors (Lipinski definition) is 5. The topological polar surface area (TPSA) is 61.8 Å². The van der Waals surface area contributed by atoms with Gasteiger partial charge in [0.1, 0.15) is 5.69 Å². The fourth-order valence-electron chi connectivity index (χ4n) is 1.75. The van der Waals surface area contributed by atoms with E-state index in [1.807, 2.05) is 12.1 Å². The molecule has 0 bridgehead atoms. The molecular formula is C12H10BrN3O3. The molecule has 0 aliphatic heterocycles. The first kappa shape index (κ1) is 12.0. The van der Waals surface area contributed by atoms with Crippen molar-refractivity contribution in [2.45, 2.75) is 0 Å². The zero-order valence-electron chi connectivity index (χ0n) is 10.3. The zero-order chi connectivity index (χ0) is 13.4. The SMILES string of the molecule is COc1cc(OC)n2cc(-c3ccc(Br)o3)nc2n1. The summed E-state index contributed by atoms with van der Waals surface area (Å²) in [6.07, 6.45) is 1.80. The molecule has 0 spiro atoms. The molecule has 0 saturated heterocycles. The zero-order valence-corrected chi connectivity index (χ0v) is 11.8. The number of imidazole rings is 1. The maximum Gasteiger partial charge on any atom is 0.240 e. The lowest BCUT2D eigenvalue weighted by Crippen LogP contribution is -1.97. The third-order valence-electron chi connectivity index (χ3n) is 2.63. The number of halogens is 1. The summed E-state index contributed by atoms with van der Waals surface area (Å²) in [6.45, 7) is 0. The van der Waals surface area contributed by atoms with E-state index in [0.29, 0.717) is 33.7 Å². The Labute approximate surface area is 117 Å². The average molecular weight is 324 g/mol. The van der Waals surface area contributed by atoms with Gasteiger partial charge in [0, 0.05) is 6.20 Å². The molecule has 6 nitrogen and oxygen atoms in total. The van der Waals surface area contributed by atoms with E-state index >= 15 is 0 Å². The number of methoxy groups -OCH3 is 2. The van der Waals surface area contributed by atoms with Crippen molar-refractivity contribution in [1.82, 2.24) is 14.4 Å². The number of ether oxygens (including phenoxy) is 2. The minimum atomic E-state index is 0.446. The second-order valence-corrected chi connectivity index (χ2v) is 4.52. The van der Waals surface area contributed by atoms with Crippen molar-refractivity contribution in [3.63, 3.8) is 0 Å². The lowest BCUT2D eigenvalue weighted by molar-refractivity contribution is 0.369. The van der Waals surface area contributed by atoms with Crippen molar-refractivity contribution in [3.05, 3.63) is 29.1 Å². The molecule has 0 aliphatic rings. The first-order chi connectivity index (χ1) is 9.21. The molecule has 0 radical (unpaired) electrons. The van der Waals surface area contributed by atoms with E-state index in [2.05, 4.69) is 25.9 Å². The highest BCUT2D eigenvalue weighted by Gasteiger charge is 2.13. The van der Waals surface area contributed by atoms with Crippen LogP contribution in [0.2, 0.25) is 0 Å². The fourth-order valence-corrected chi connectivity index (χ4v) is 2.06. The molecule has 7 heteroatoms. The molecule has 0 amide bonds. The van der Waals surface area contributed by atoms with E-state index in [4.69, 9.17) is 13.9 Å². The quantitative estimate of drug-likeness (QED) is 0.741. The Morgan fingerprint density at radius 3 is 2.68 bits per heavy atom.